The van der Waals surface area contributed by atoms with Gasteiger partial charge in [-0.15, -0.1) is 0 Å². The smallest absolute Gasteiger partial charge is 0.337 e. The molecule has 9 nitrogen and oxygen atoms in total. The number of piperazine rings is 1. The van der Waals surface area contributed by atoms with E-state index in [1.165, 1.54) is 43.5 Å². The highest BCUT2D eigenvalue weighted by Crippen LogP contribution is 2.22. The zero-order valence-corrected chi connectivity index (χ0v) is 17.0. The van der Waals surface area contributed by atoms with Gasteiger partial charge in [0.15, 0.2) is 0 Å². The molecule has 0 bridgehead atoms. The summed E-state index contributed by atoms with van der Waals surface area (Å²) in [5, 5.41) is 5.22. The first kappa shape index (κ1) is 21.5. The molecule has 3 rings (SSSR count). The third kappa shape index (κ3) is 4.66. The normalized spacial score (nSPS) is 17.1. The number of hydrogen-bond acceptors (Lipinski definition) is 6. The summed E-state index contributed by atoms with van der Waals surface area (Å²) in [6.45, 7) is 0.229. The molecule has 1 aliphatic rings. The van der Waals surface area contributed by atoms with E-state index in [1.807, 2.05) is 0 Å². The van der Waals surface area contributed by atoms with Gasteiger partial charge < -0.3 is 15.4 Å². The van der Waals surface area contributed by atoms with Crippen molar-refractivity contribution in [2.24, 2.45) is 0 Å². The number of methoxy groups -OCH3 is 1. The second kappa shape index (κ2) is 9.06. The topological polar surface area (TPSA) is 122 Å². The van der Waals surface area contributed by atoms with Gasteiger partial charge in [0.1, 0.15) is 6.04 Å². The number of sulfonamides is 1. The van der Waals surface area contributed by atoms with Crippen LogP contribution in [0.5, 0.6) is 0 Å². The van der Waals surface area contributed by atoms with Crippen LogP contribution in [0, 0.1) is 0 Å². The number of nitrogens with zero attached hydrogens (tertiary/aromatic N) is 1. The molecule has 0 saturated carbocycles. The highest BCUT2D eigenvalue weighted by Gasteiger charge is 2.39. The summed E-state index contributed by atoms with van der Waals surface area (Å²) in [5.41, 5.74) is 0.726. The van der Waals surface area contributed by atoms with E-state index in [1.54, 1.807) is 18.2 Å². The van der Waals surface area contributed by atoms with Gasteiger partial charge >= 0.3 is 5.97 Å². The molecule has 0 aromatic heterocycles. The molecular formula is C20H21N3O6S. The number of nitrogens with one attached hydrogen (secondary N) is 2. The molecule has 1 aliphatic heterocycles. The Morgan fingerprint density at radius 2 is 1.80 bits per heavy atom. The molecule has 1 fully saturated rings. The number of rotatable bonds is 6. The Kier molecular flexibility index (Phi) is 6.48. The van der Waals surface area contributed by atoms with Crippen molar-refractivity contribution in [3.8, 4) is 0 Å². The van der Waals surface area contributed by atoms with Gasteiger partial charge in [0.2, 0.25) is 21.8 Å². The van der Waals surface area contributed by atoms with Crippen molar-refractivity contribution in [3.63, 3.8) is 0 Å². The molecule has 1 saturated heterocycles. The number of esters is 1. The van der Waals surface area contributed by atoms with Gasteiger partial charge in [-0.3, -0.25) is 9.59 Å². The fraction of sp³-hybridized carbons (Fsp3) is 0.250. The molecule has 0 radical (unpaired) electrons. The summed E-state index contributed by atoms with van der Waals surface area (Å²) in [4.78, 5) is 36.4. The van der Waals surface area contributed by atoms with Gasteiger partial charge in [0, 0.05) is 18.8 Å². The van der Waals surface area contributed by atoms with Gasteiger partial charge in [-0.2, -0.15) is 4.31 Å². The highest BCUT2D eigenvalue weighted by molar-refractivity contribution is 7.89. The maximum Gasteiger partial charge on any atom is 0.337 e. The molecule has 30 heavy (non-hydrogen) atoms. The Bertz CT molecular complexity index is 1040. The largest absolute Gasteiger partial charge is 0.465 e. The Morgan fingerprint density at radius 1 is 1.13 bits per heavy atom. The summed E-state index contributed by atoms with van der Waals surface area (Å²) in [7, 11) is -2.67. The molecule has 2 aromatic carbocycles. The molecule has 10 heteroatoms. The zero-order valence-electron chi connectivity index (χ0n) is 16.2. The standard InChI is InChI=1S/C20H21N3O6S/c1-29-20(26)14-7-9-15(10-8-14)22-18(24)13-17-19(25)21-11-12-23(17)30(27,28)16-5-3-2-4-6-16/h2-10,17H,11-13H2,1H3,(H,21,25)(H,22,24)/t17-/m1/s1. The van der Waals surface area contributed by atoms with E-state index in [2.05, 4.69) is 15.4 Å². The molecule has 2 N–H and O–H groups in total. The molecule has 1 atom stereocenters. The summed E-state index contributed by atoms with van der Waals surface area (Å²) < 4.78 is 31.6. The van der Waals surface area contributed by atoms with E-state index in [4.69, 9.17) is 0 Å². The number of amides is 2. The average Bonchev–Trinajstić information content (AvgIpc) is 2.75. The number of benzene rings is 2. The second-order valence-electron chi connectivity index (χ2n) is 6.56. The minimum atomic E-state index is -3.94. The number of ether oxygens (including phenoxy) is 1. The first-order chi connectivity index (χ1) is 14.3. The van der Waals surface area contributed by atoms with Crippen LogP contribution in [0.25, 0.3) is 0 Å². The molecule has 2 aromatic rings. The van der Waals surface area contributed by atoms with Gasteiger partial charge in [-0.05, 0) is 36.4 Å². The Balaban J connectivity index is 1.74. The quantitative estimate of drug-likeness (QED) is 0.658. The number of anilines is 1. The van der Waals surface area contributed by atoms with Crippen molar-refractivity contribution in [2.75, 3.05) is 25.5 Å². The average molecular weight is 431 g/mol. The first-order valence-corrected chi connectivity index (χ1v) is 10.6. The Morgan fingerprint density at radius 3 is 2.43 bits per heavy atom. The predicted octanol–water partition coefficient (Wildman–Crippen LogP) is 0.991. The van der Waals surface area contributed by atoms with Crippen molar-refractivity contribution in [1.29, 1.82) is 0 Å². The number of carbonyl (C=O) groups is 3. The van der Waals surface area contributed by atoms with Crippen molar-refractivity contribution in [3.05, 3.63) is 60.2 Å². The van der Waals surface area contributed by atoms with Crippen LogP contribution in [-0.4, -0.2) is 56.7 Å². The summed E-state index contributed by atoms with van der Waals surface area (Å²) in [6, 6.07) is 12.6. The molecule has 2 amide bonds. The third-order valence-electron chi connectivity index (χ3n) is 4.60. The van der Waals surface area contributed by atoms with Crippen LogP contribution < -0.4 is 10.6 Å². The van der Waals surface area contributed by atoms with Crippen molar-refractivity contribution < 1.29 is 27.5 Å². The van der Waals surface area contributed by atoms with Crippen LogP contribution in [0.1, 0.15) is 16.8 Å². The van der Waals surface area contributed by atoms with Crippen LogP contribution in [-0.2, 0) is 24.3 Å². The van der Waals surface area contributed by atoms with Crippen LogP contribution in [0.15, 0.2) is 59.5 Å². The summed E-state index contributed by atoms with van der Waals surface area (Å²) in [5.74, 6) is -1.57. The first-order valence-electron chi connectivity index (χ1n) is 9.16. The predicted molar refractivity (Wildman–Crippen MR) is 108 cm³/mol. The fourth-order valence-corrected chi connectivity index (χ4v) is 4.71. The molecule has 1 heterocycles. The van der Waals surface area contributed by atoms with Gasteiger partial charge in [0.25, 0.3) is 0 Å². The van der Waals surface area contributed by atoms with Crippen molar-refractivity contribution in [1.82, 2.24) is 9.62 Å². The number of hydrogen-bond donors (Lipinski definition) is 2. The zero-order chi connectivity index (χ0) is 21.7. The highest BCUT2D eigenvalue weighted by atomic mass is 32.2. The summed E-state index contributed by atoms with van der Waals surface area (Å²) >= 11 is 0. The molecular weight excluding hydrogens is 410 g/mol. The van der Waals surface area contributed by atoms with E-state index in [-0.39, 0.29) is 24.4 Å². The molecule has 158 valence electrons. The Labute approximate surface area is 174 Å². The van der Waals surface area contributed by atoms with Gasteiger partial charge in [0.05, 0.1) is 24.0 Å². The lowest BCUT2D eigenvalue weighted by molar-refractivity contribution is -0.130. The van der Waals surface area contributed by atoms with E-state index < -0.39 is 33.8 Å². The second-order valence-corrected chi connectivity index (χ2v) is 8.45. The third-order valence-corrected chi connectivity index (χ3v) is 6.52. The maximum absolute atomic E-state index is 13.0. The van der Waals surface area contributed by atoms with Gasteiger partial charge in [-0.25, -0.2) is 13.2 Å². The van der Waals surface area contributed by atoms with E-state index in [0.717, 1.165) is 4.31 Å². The van der Waals surface area contributed by atoms with Crippen LogP contribution in [0.3, 0.4) is 0 Å². The monoisotopic (exact) mass is 431 g/mol. The van der Waals surface area contributed by atoms with Gasteiger partial charge in [-0.1, -0.05) is 18.2 Å². The summed E-state index contributed by atoms with van der Waals surface area (Å²) in [6.07, 6.45) is -0.351. The lowest BCUT2D eigenvalue weighted by Gasteiger charge is -2.33. The lowest BCUT2D eigenvalue weighted by atomic mass is 10.1. The van der Waals surface area contributed by atoms with Crippen molar-refractivity contribution >= 4 is 33.5 Å². The maximum atomic E-state index is 13.0. The van der Waals surface area contributed by atoms with Crippen molar-refractivity contribution in [2.45, 2.75) is 17.4 Å². The molecule has 0 aliphatic carbocycles. The lowest BCUT2D eigenvalue weighted by Crippen LogP contribution is -2.57. The van der Waals surface area contributed by atoms with Crippen LogP contribution >= 0.6 is 0 Å². The van der Waals surface area contributed by atoms with E-state index >= 15 is 0 Å². The van der Waals surface area contributed by atoms with E-state index in [0.29, 0.717) is 11.3 Å². The molecule has 0 unspecified atom stereocenters. The minimum Gasteiger partial charge on any atom is -0.465 e. The molecule has 0 spiro atoms. The SMILES string of the molecule is COC(=O)c1ccc(NC(=O)C[C@@H]2C(=O)NCCN2S(=O)(=O)c2ccccc2)cc1. The van der Waals surface area contributed by atoms with Crippen LogP contribution in [0.4, 0.5) is 5.69 Å². The minimum absolute atomic E-state index is 0.0588. The Hall–Kier alpha value is -3.24. The number of carbonyl (C=O) groups excluding carboxylic acids is 3. The van der Waals surface area contributed by atoms with E-state index in [9.17, 15) is 22.8 Å². The fourth-order valence-electron chi connectivity index (χ4n) is 3.10. The van der Waals surface area contributed by atoms with Crippen LogP contribution in [0.2, 0.25) is 0 Å².